The maximum absolute atomic E-state index is 13.4. The summed E-state index contributed by atoms with van der Waals surface area (Å²) in [5.41, 5.74) is 2.62. The lowest BCUT2D eigenvalue weighted by atomic mass is 9.96. The van der Waals surface area contributed by atoms with Gasteiger partial charge >= 0.3 is 6.03 Å². The molecular weight excluding hydrogens is 430 g/mol. The number of anilines is 1. The van der Waals surface area contributed by atoms with Gasteiger partial charge in [-0.15, -0.1) is 0 Å². The van der Waals surface area contributed by atoms with Gasteiger partial charge in [-0.3, -0.25) is 14.6 Å². The molecule has 1 aromatic carbocycles. The molecule has 3 N–H and O–H groups in total. The Morgan fingerprint density at radius 3 is 2.65 bits per heavy atom. The van der Waals surface area contributed by atoms with Gasteiger partial charge in [-0.1, -0.05) is 37.5 Å². The van der Waals surface area contributed by atoms with E-state index in [1.807, 2.05) is 36.4 Å². The van der Waals surface area contributed by atoms with E-state index < -0.39 is 6.04 Å². The zero-order valence-electron chi connectivity index (χ0n) is 19.0. The van der Waals surface area contributed by atoms with Gasteiger partial charge in [-0.05, 0) is 55.2 Å². The summed E-state index contributed by atoms with van der Waals surface area (Å²) >= 11 is 0. The highest BCUT2D eigenvalue weighted by molar-refractivity contribution is 6.10. The number of urea groups is 1. The van der Waals surface area contributed by atoms with E-state index in [4.69, 9.17) is 0 Å². The highest BCUT2D eigenvalue weighted by Crippen LogP contribution is 2.30. The van der Waals surface area contributed by atoms with Crippen molar-refractivity contribution in [1.29, 1.82) is 0 Å². The summed E-state index contributed by atoms with van der Waals surface area (Å²) in [6.45, 7) is 0.308. The fourth-order valence-electron chi connectivity index (χ4n) is 5.05. The van der Waals surface area contributed by atoms with Crippen LogP contribution in [0.5, 0.6) is 0 Å². The molecule has 1 aromatic heterocycles. The van der Waals surface area contributed by atoms with Gasteiger partial charge in [0, 0.05) is 18.8 Å². The zero-order valence-corrected chi connectivity index (χ0v) is 19.0. The van der Waals surface area contributed by atoms with E-state index in [9.17, 15) is 14.4 Å². The van der Waals surface area contributed by atoms with Crippen molar-refractivity contribution >= 4 is 35.7 Å². The summed E-state index contributed by atoms with van der Waals surface area (Å²) in [6.07, 6.45) is 11.4. The molecule has 0 radical (unpaired) electrons. The summed E-state index contributed by atoms with van der Waals surface area (Å²) < 4.78 is 0. The van der Waals surface area contributed by atoms with Crippen molar-refractivity contribution in [3.05, 3.63) is 59.4 Å². The van der Waals surface area contributed by atoms with Crippen molar-refractivity contribution < 1.29 is 14.4 Å². The largest absolute Gasteiger partial charge is 0.335 e. The van der Waals surface area contributed by atoms with Crippen LogP contribution in [0.2, 0.25) is 0 Å². The Balaban J connectivity index is 1.28. The standard InChI is InChI=1S/C26H29N5O3/c32-24-23-15-20(29-26(34)28-19-7-2-1-3-8-19)16-31(23)25(33)21-14-17(10-12-22(21)30-24)9-11-18-6-4-5-13-27-18/h4-6,9-14,19-20,23H,1-3,7-8,15-16H2,(H,30,32)(H2,28,29,34)/t20-,23-/m0/s1. The number of hydrogen-bond donors (Lipinski definition) is 3. The van der Waals surface area contributed by atoms with Crippen molar-refractivity contribution in [2.24, 2.45) is 0 Å². The molecule has 2 aliphatic heterocycles. The Kier molecular flexibility index (Phi) is 6.29. The lowest BCUT2D eigenvalue weighted by Crippen LogP contribution is -2.47. The van der Waals surface area contributed by atoms with Crippen LogP contribution in [-0.4, -0.2) is 52.4 Å². The molecule has 1 saturated heterocycles. The molecule has 1 aliphatic carbocycles. The van der Waals surface area contributed by atoms with Gasteiger partial charge in [0.25, 0.3) is 5.91 Å². The number of carbonyl (C=O) groups is 3. The number of rotatable bonds is 4. The van der Waals surface area contributed by atoms with E-state index in [1.54, 1.807) is 23.2 Å². The molecule has 8 nitrogen and oxygen atoms in total. The smallest absolute Gasteiger partial charge is 0.315 e. The van der Waals surface area contributed by atoms with E-state index in [1.165, 1.54) is 6.42 Å². The van der Waals surface area contributed by atoms with Crippen LogP contribution in [0.1, 0.15) is 60.1 Å². The van der Waals surface area contributed by atoms with Crippen LogP contribution in [0.25, 0.3) is 12.2 Å². The second kappa shape index (κ2) is 9.67. The van der Waals surface area contributed by atoms with Crippen LogP contribution in [0.15, 0.2) is 42.6 Å². The van der Waals surface area contributed by atoms with Crippen LogP contribution in [0, 0.1) is 0 Å². The maximum atomic E-state index is 13.4. The van der Waals surface area contributed by atoms with Crippen molar-refractivity contribution in [3.8, 4) is 0 Å². The fourth-order valence-corrected chi connectivity index (χ4v) is 5.05. The molecule has 2 atom stereocenters. The van der Waals surface area contributed by atoms with Gasteiger partial charge < -0.3 is 20.9 Å². The van der Waals surface area contributed by atoms with Gasteiger partial charge in [0.1, 0.15) is 6.04 Å². The fraction of sp³-hybridized carbons (Fsp3) is 0.385. The number of hydrogen-bond acceptors (Lipinski definition) is 4. The van der Waals surface area contributed by atoms with Gasteiger partial charge in [-0.25, -0.2) is 4.79 Å². The molecule has 34 heavy (non-hydrogen) atoms. The number of benzene rings is 1. The number of amides is 4. The third kappa shape index (κ3) is 4.81. The van der Waals surface area contributed by atoms with Crippen LogP contribution in [0.4, 0.5) is 10.5 Å². The summed E-state index contributed by atoms with van der Waals surface area (Å²) in [4.78, 5) is 44.7. The lowest BCUT2D eigenvalue weighted by molar-refractivity contribution is -0.119. The van der Waals surface area contributed by atoms with Crippen LogP contribution in [0.3, 0.4) is 0 Å². The quantitative estimate of drug-likeness (QED) is 0.652. The monoisotopic (exact) mass is 459 g/mol. The summed E-state index contributed by atoms with van der Waals surface area (Å²) in [7, 11) is 0. The van der Waals surface area contributed by atoms with E-state index >= 15 is 0 Å². The molecule has 5 rings (SSSR count). The number of pyridine rings is 1. The molecule has 1 saturated carbocycles. The van der Waals surface area contributed by atoms with Crippen molar-refractivity contribution in [1.82, 2.24) is 20.5 Å². The molecule has 3 aliphatic rings. The second-order valence-electron chi connectivity index (χ2n) is 9.24. The zero-order chi connectivity index (χ0) is 23.5. The minimum atomic E-state index is -0.604. The Labute approximate surface area is 198 Å². The van der Waals surface area contributed by atoms with Crippen LogP contribution < -0.4 is 16.0 Å². The van der Waals surface area contributed by atoms with Gasteiger partial charge in [0.05, 0.1) is 23.0 Å². The maximum Gasteiger partial charge on any atom is 0.315 e. The SMILES string of the molecule is O=C(NC1CCCCC1)N[C@H]1C[C@H]2C(=O)Nc3ccc(C=Cc4ccccn4)cc3C(=O)N2C1. The Hall–Kier alpha value is -3.68. The first-order valence-corrected chi connectivity index (χ1v) is 12.0. The first kappa shape index (κ1) is 22.1. The summed E-state index contributed by atoms with van der Waals surface area (Å²) in [5, 5.41) is 8.92. The number of carbonyl (C=O) groups excluding carboxylic acids is 3. The van der Waals surface area contributed by atoms with Gasteiger partial charge in [0.2, 0.25) is 5.91 Å². The average molecular weight is 460 g/mol. The highest BCUT2D eigenvalue weighted by Gasteiger charge is 2.43. The molecule has 8 heteroatoms. The van der Waals surface area contributed by atoms with Crippen LogP contribution >= 0.6 is 0 Å². The molecule has 4 amide bonds. The molecule has 0 unspecified atom stereocenters. The minimum Gasteiger partial charge on any atom is -0.335 e. The van der Waals surface area contributed by atoms with Crippen molar-refractivity contribution in [3.63, 3.8) is 0 Å². The molecule has 0 spiro atoms. The second-order valence-corrected chi connectivity index (χ2v) is 9.24. The predicted octanol–water partition coefficient (Wildman–Crippen LogP) is 3.42. The van der Waals surface area contributed by atoms with E-state index in [-0.39, 0.29) is 29.9 Å². The van der Waals surface area contributed by atoms with E-state index in [2.05, 4.69) is 20.9 Å². The molecule has 176 valence electrons. The highest BCUT2D eigenvalue weighted by atomic mass is 16.2. The van der Waals surface area contributed by atoms with E-state index in [0.717, 1.165) is 36.9 Å². The topological polar surface area (TPSA) is 103 Å². The number of fused-ring (bicyclic) bond motifs is 2. The summed E-state index contributed by atoms with van der Waals surface area (Å²) in [5.74, 6) is -0.427. The third-order valence-electron chi connectivity index (χ3n) is 6.81. The number of nitrogens with one attached hydrogen (secondary N) is 3. The Morgan fingerprint density at radius 2 is 1.85 bits per heavy atom. The third-order valence-corrected chi connectivity index (χ3v) is 6.81. The predicted molar refractivity (Wildman–Crippen MR) is 130 cm³/mol. The first-order valence-electron chi connectivity index (χ1n) is 12.0. The van der Waals surface area contributed by atoms with Gasteiger partial charge in [-0.2, -0.15) is 0 Å². The van der Waals surface area contributed by atoms with Gasteiger partial charge in [0.15, 0.2) is 0 Å². The Bertz CT molecular complexity index is 1110. The number of nitrogens with zero attached hydrogens (tertiary/aromatic N) is 2. The van der Waals surface area contributed by atoms with Crippen molar-refractivity contribution in [2.75, 3.05) is 11.9 Å². The minimum absolute atomic E-state index is 0.204. The summed E-state index contributed by atoms with van der Waals surface area (Å²) in [6, 6.07) is 10.2. The first-order chi connectivity index (χ1) is 16.6. The van der Waals surface area contributed by atoms with Crippen LogP contribution in [-0.2, 0) is 4.79 Å². The number of aromatic nitrogens is 1. The molecule has 3 heterocycles. The normalized spacial score (nSPS) is 22.6. The molecule has 0 bridgehead atoms. The lowest BCUT2D eigenvalue weighted by Gasteiger charge is -2.24. The van der Waals surface area contributed by atoms with E-state index in [0.29, 0.717) is 24.2 Å². The molecule has 2 fully saturated rings. The molecular formula is C26H29N5O3. The average Bonchev–Trinajstić information content (AvgIpc) is 3.24. The Morgan fingerprint density at radius 1 is 1.03 bits per heavy atom. The van der Waals surface area contributed by atoms with Crippen molar-refractivity contribution in [2.45, 2.75) is 56.7 Å². The molecule has 2 aromatic rings.